The summed E-state index contributed by atoms with van der Waals surface area (Å²) in [4.78, 5) is 26.1. The molecule has 1 heterocycles. The number of halogens is 1. The van der Waals surface area contributed by atoms with Gasteiger partial charge in [-0.2, -0.15) is 0 Å². The molecule has 0 unspecified atom stereocenters. The minimum Gasteiger partial charge on any atom is -0.339 e. The zero-order valence-electron chi connectivity index (χ0n) is 14.0. The van der Waals surface area contributed by atoms with Crippen LogP contribution in [0.1, 0.15) is 35.7 Å². The topological polar surface area (TPSA) is 61.4 Å². The van der Waals surface area contributed by atoms with E-state index in [1.165, 1.54) is 0 Å². The SMILES string of the molecule is CNCC(=O)Nc1ccc(C(=O)N2CCC(C)CC2)cc1C.Cl. The number of likely N-dealkylation sites (N-methyl/N-ethyl adjacent to an activating group) is 1. The van der Waals surface area contributed by atoms with Crippen LogP contribution in [0.15, 0.2) is 18.2 Å². The number of hydrogen-bond donors (Lipinski definition) is 2. The number of hydrogen-bond acceptors (Lipinski definition) is 3. The number of benzene rings is 1. The second kappa shape index (κ2) is 8.89. The van der Waals surface area contributed by atoms with Crippen LogP contribution in [-0.4, -0.2) is 43.4 Å². The minimum absolute atomic E-state index is 0. The van der Waals surface area contributed by atoms with Crippen LogP contribution >= 0.6 is 12.4 Å². The summed E-state index contributed by atoms with van der Waals surface area (Å²) in [5.41, 5.74) is 2.35. The first-order valence-electron chi connectivity index (χ1n) is 7.85. The normalized spacial score (nSPS) is 15.0. The van der Waals surface area contributed by atoms with Gasteiger partial charge >= 0.3 is 0 Å². The van der Waals surface area contributed by atoms with Crippen LogP contribution < -0.4 is 10.6 Å². The molecule has 1 aliphatic heterocycles. The van der Waals surface area contributed by atoms with Crippen LogP contribution in [0.2, 0.25) is 0 Å². The van der Waals surface area contributed by atoms with E-state index in [-0.39, 0.29) is 30.8 Å². The molecule has 23 heavy (non-hydrogen) atoms. The third kappa shape index (κ3) is 5.22. The largest absolute Gasteiger partial charge is 0.339 e. The van der Waals surface area contributed by atoms with Crippen LogP contribution in [0.25, 0.3) is 0 Å². The highest BCUT2D eigenvalue weighted by molar-refractivity contribution is 5.97. The number of nitrogens with zero attached hydrogens (tertiary/aromatic N) is 1. The van der Waals surface area contributed by atoms with Crippen molar-refractivity contribution in [3.63, 3.8) is 0 Å². The predicted molar refractivity (Wildman–Crippen MR) is 95.3 cm³/mol. The Hall–Kier alpha value is -1.59. The van der Waals surface area contributed by atoms with Gasteiger partial charge < -0.3 is 15.5 Å². The maximum absolute atomic E-state index is 12.5. The van der Waals surface area contributed by atoms with E-state index in [9.17, 15) is 9.59 Å². The van der Waals surface area contributed by atoms with Crippen molar-refractivity contribution < 1.29 is 9.59 Å². The van der Waals surface area contributed by atoms with Gasteiger partial charge in [-0.1, -0.05) is 6.92 Å². The van der Waals surface area contributed by atoms with Crippen molar-refractivity contribution in [3.05, 3.63) is 29.3 Å². The Bertz CT molecular complexity index is 555. The second-order valence-corrected chi connectivity index (χ2v) is 6.08. The second-order valence-electron chi connectivity index (χ2n) is 6.08. The van der Waals surface area contributed by atoms with Gasteiger partial charge in [0.15, 0.2) is 0 Å². The number of carbonyl (C=O) groups is 2. The Morgan fingerprint density at radius 3 is 2.48 bits per heavy atom. The molecule has 2 N–H and O–H groups in total. The van der Waals surface area contributed by atoms with Gasteiger partial charge in [0.05, 0.1) is 6.54 Å². The number of likely N-dealkylation sites (tertiary alicyclic amines) is 1. The third-order valence-electron chi connectivity index (χ3n) is 4.16. The Labute approximate surface area is 144 Å². The van der Waals surface area contributed by atoms with Crippen molar-refractivity contribution in [1.29, 1.82) is 0 Å². The lowest BCUT2D eigenvalue weighted by Gasteiger charge is -2.30. The van der Waals surface area contributed by atoms with E-state index >= 15 is 0 Å². The number of rotatable bonds is 4. The molecule has 0 spiro atoms. The van der Waals surface area contributed by atoms with E-state index in [4.69, 9.17) is 0 Å². The van der Waals surface area contributed by atoms with Gasteiger partial charge in [-0.15, -0.1) is 12.4 Å². The van der Waals surface area contributed by atoms with Crippen molar-refractivity contribution in [1.82, 2.24) is 10.2 Å². The van der Waals surface area contributed by atoms with Crippen LogP contribution in [0, 0.1) is 12.8 Å². The summed E-state index contributed by atoms with van der Waals surface area (Å²) < 4.78 is 0. The highest BCUT2D eigenvalue weighted by atomic mass is 35.5. The van der Waals surface area contributed by atoms with Crippen LogP contribution in [0.3, 0.4) is 0 Å². The maximum atomic E-state index is 12.5. The molecule has 0 saturated carbocycles. The van der Waals surface area contributed by atoms with Crippen LogP contribution in [0.4, 0.5) is 5.69 Å². The van der Waals surface area contributed by atoms with Crippen LogP contribution in [0.5, 0.6) is 0 Å². The van der Waals surface area contributed by atoms with Gasteiger partial charge in [0.1, 0.15) is 0 Å². The summed E-state index contributed by atoms with van der Waals surface area (Å²) in [7, 11) is 1.73. The predicted octanol–water partition coefficient (Wildman–Crippen LogP) is 2.45. The zero-order chi connectivity index (χ0) is 16.1. The van der Waals surface area contributed by atoms with Gasteiger partial charge in [0.2, 0.25) is 5.91 Å². The summed E-state index contributed by atoms with van der Waals surface area (Å²) in [5.74, 6) is 0.702. The summed E-state index contributed by atoms with van der Waals surface area (Å²) in [6.45, 7) is 6.07. The molecule has 0 radical (unpaired) electrons. The molecule has 1 aromatic carbocycles. The van der Waals surface area contributed by atoms with Gasteiger partial charge in [-0.05, 0) is 56.5 Å². The highest BCUT2D eigenvalue weighted by Crippen LogP contribution is 2.21. The zero-order valence-corrected chi connectivity index (χ0v) is 14.8. The molecular weight excluding hydrogens is 314 g/mol. The minimum atomic E-state index is -0.0882. The fourth-order valence-electron chi connectivity index (χ4n) is 2.69. The average Bonchev–Trinajstić information content (AvgIpc) is 2.49. The lowest BCUT2D eigenvalue weighted by atomic mass is 9.98. The summed E-state index contributed by atoms with van der Waals surface area (Å²) in [5, 5.41) is 5.65. The first-order valence-corrected chi connectivity index (χ1v) is 7.85. The molecule has 2 amide bonds. The highest BCUT2D eigenvalue weighted by Gasteiger charge is 2.21. The molecule has 0 aliphatic carbocycles. The fraction of sp³-hybridized carbons (Fsp3) is 0.529. The van der Waals surface area contributed by atoms with Crippen molar-refractivity contribution in [2.45, 2.75) is 26.7 Å². The first-order chi connectivity index (χ1) is 10.5. The Morgan fingerprint density at radius 2 is 1.91 bits per heavy atom. The van der Waals surface area contributed by atoms with Gasteiger partial charge in [-0.25, -0.2) is 0 Å². The molecule has 6 heteroatoms. The molecular formula is C17H26ClN3O2. The maximum Gasteiger partial charge on any atom is 0.253 e. The smallest absolute Gasteiger partial charge is 0.253 e. The Morgan fingerprint density at radius 1 is 1.26 bits per heavy atom. The number of anilines is 1. The molecule has 5 nitrogen and oxygen atoms in total. The molecule has 0 aromatic heterocycles. The number of carbonyl (C=O) groups excluding carboxylic acids is 2. The lowest BCUT2D eigenvalue weighted by molar-refractivity contribution is -0.115. The van der Waals surface area contributed by atoms with Crippen LogP contribution in [-0.2, 0) is 4.79 Å². The molecule has 1 fully saturated rings. The standard InChI is InChI=1S/C17H25N3O2.ClH/c1-12-6-8-20(9-7-12)17(22)14-4-5-15(13(2)10-14)19-16(21)11-18-3;/h4-5,10,12,18H,6-9,11H2,1-3H3,(H,19,21);1H. The van der Waals surface area contributed by atoms with Gasteiger partial charge in [0.25, 0.3) is 5.91 Å². The van der Waals surface area contributed by atoms with E-state index in [1.54, 1.807) is 13.1 Å². The molecule has 128 valence electrons. The summed E-state index contributed by atoms with van der Waals surface area (Å²) >= 11 is 0. The van der Waals surface area contributed by atoms with Gasteiger partial charge in [0, 0.05) is 24.3 Å². The molecule has 0 bridgehead atoms. The van der Waals surface area contributed by atoms with Crippen molar-refractivity contribution in [3.8, 4) is 0 Å². The molecule has 2 rings (SSSR count). The summed E-state index contributed by atoms with van der Waals surface area (Å²) in [6.07, 6.45) is 2.14. The summed E-state index contributed by atoms with van der Waals surface area (Å²) in [6, 6.07) is 5.46. The number of nitrogens with one attached hydrogen (secondary N) is 2. The number of aryl methyl sites for hydroxylation is 1. The van der Waals surface area contributed by atoms with Crippen molar-refractivity contribution in [2.24, 2.45) is 5.92 Å². The Kier molecular flexibility index (Phi) is 7.52. The third-order valence-corrected chi connectivity index (χ3v) is 4.16. The monoisotopic (exact) mass is 339 g/mol. The van der Waals surface area contributed by atoms with E-state index in [1.807, 2.05) is 24.0 Å². The van der Waals surface area contributed by atoms with E-state index in [2.05, 4.69) is 17.6 Å². The molecule has 0 atom stereocenters. The van der Waals surface area contributed by atoms with Crippen molar-refractivity contribution >= 4 is 29.9 Å². The van der Waals surface area contributed by atoms with E-state index < -0.39 is 0 Å². The quantitative estimate of drug-likeness (QED) is 0.885. The van der Waals surface area contributed by atoms with Gasteiger partial charge in [-0.3, -0.25) is 9.59 Å². The lowest BCUT2D eigenvalue weighted by Crippen LogP contribution is -2.37. The molecule has 1 aromatic rings. The van der Waals surface area contributed by atoms with E-state index in [0.717, 1.165) is 37.2 Å². The number of piperidine rings is 1. The average molecular weight is 340 g/mol. The molecule has 1 saturated heterocycles. The molecule has 1 aliphatic rings. The first kappa shape index (κ1) is 19.5. The Balaban J connectivity index is 0.00000264. The number of amides is 2. The van der Waals surface area contributed by atoms with Crippen molar-refractivity contribution in [2.75, 3.05) is 32.0 Å². The van der Waals surface area contributed by atoms with E-state index in [0.29, 0.717) is 11.5 Å². The fourth-order valence-corrected chi connectivity index (χ4v) is 2.69.